The number of anilines is 1. The highest BCUT2D eigenvalue weighted by atomic mass is 16.5. The van der Waals surface area contributed by atoms with Gasteiger partial charge in [-0.3, -0.25) is 4.79 Å². The van der Waals surface area contributed by atoms with Gasteiger partial charge < -0.3 is 19.9 Å². The molecular weight excluding hydrogens is 334 g/mol. The molecule has 2 rings (SSSR count). The lowest BCUT2D eigenvalue weighted by Crippen LogP contribution is -2.26. The van der Waals surface area contributed by atoms with E-state index in [0.717, 1.165) is 12.1 Å². The number of methoxy groups -OCH3 is 1. The van der Waals surface area contributed by atoms with Crippen LogP contribution < -0.4 is 20.2 Å². The predicted molar refractivity (Wildman–Crippen MR) is 101 cm³/mol. The van der Waals surface area contributed by atoms with Gasteiger partial charge >= 0.3 is 0 Å². The number of nitrogens with one attached hydrogen (secondary N) is 2. The summed E-state index contributed by atoms with van der Waals surface area (Å²) < 4.78 is 10.6. The average Bonchev–Trinajstić information content (AvgIpc) is 2.66. The lowest BCUT2D eigenvalue weighted by molar-refractivity contribution is -0.119. The maximum Gasteiger partial charge on any atom is 0.259 e. The fourth-order valence-corrected chi connectivity index (χ4v) is 2.12. The Morgan fingerprint density at radius 2 is 2.08 bits per heavy atom. The van der Waals surface area contributed by atoms with Gasteiger partial charge in [0.25, 0.3) is 5.91 Å². The number of hydrogen-bond acceptors (Lipinski definition) is 6. The zero-order chi connectivity index (χ0) is 18.8. The second kappa shape index (κ2) is 9.93. The van der Waals surface area contributed by atoms with Gasteiger partial charge in [0.2, 0.25) is 0 Å². The molecule has 2 aromatic rings. The van der Waals surface area contributed by atoms with Crippen molar-refractivity contribution >= 4 is 17.8 Å². The van der Waals surface area contributed by atoms with Crippen molar-refractivity contribution in [3.63, 3.8) is 0 Å². The van der Waals surface area contributed by atoms with Gasteiger partial charge in [-0.25, -0.2) is 5.43 Å². The summed E-state index contributed by atoms with van der Waals surface area (Å²) in [7, 11) is 1.57. The number of hydrogen-bond donors (Lipinski definition) is 3. The molecule has 0 saturated carbocycles. The van der Waals surface area contributed by atoms with Gasteiger partial charge in [0, 0.05) is 11.6 Å². The normalized spacial score (nSPS) is 10.5. The third kappa shape index (κ3) is 5.70. The quantitative estimate of drug-likeness (QED) is 0.474. The highest BCUT2D eigenvalue weighted by molar-refractivity contribution is 5.86. The fourth-order valence-electron chi connectivity index (χ4n) is 2.12. The first-order valence-electron chi connectivity index (χ1n) is 8.28. The molecule has 26 heavy (non-hydrogen) atoms. The van der Waals surface area contributed by atoms with E-state index in [1.807, 2.05) is 25.1 Å². The summed E-state index contributed by atoms with van der Waals surface area (Å²) in [5.74, 6) is 0.948. The largest absolute Gasteiger partial charge is 0.507 e. The van der Waals surface area contributed by atoms with Crippen LogP contribution >= 0.6 is 0 Å². The zero-order valence-corrected chi connectivity index (χ0v) is 14.9. The number of rotatable bonds is 9. The minimum absolute atomic E-state index is 0.0312. The molecule has 1 amide bonds. The fraction of sp³-hybridized carbons (Fsp3) is 0.263. The third-order valence-electron chi connectivity index (χ3n) is 3.41. The van der Waals surface area contributed by atoms with Crippen LogP contribution in [0.15, 0.2) is 47.6 Å². The van der Waals surface area contributed by atoms with E-state index in [0.29, 0.717) is 23.7 Å². The summed E-state index contributed by atoms with van der Waals surface area (Å²) in [4.78, 5) is 11.9. The number of aromatic hydroxyl groups is 1. The van der Waals surface area contributed by atoms with Crippen LogP contribution in [-0.2, 0) is 4.79 Å². The molecule has 0 aliphatic heterocycles. The summed E-state index contributed by atoms with van der Waals surface area (Å²) in [6.07, 6.45) is 2.26. The van der Waals surface area contributed by atoms with Gasteiger partial charge in [0.1, 0.15) is 17.2 Å². The van der Waals surface area contributed by atoms with Gasteiger partial charge in [0.15, 0.2) is 0 Å². The van der Waals surface area contributed by atoms with E-state index < -0.39 is 0 Å². The molecule has 7 nitrogen and oxygen atoms in total. The molecule has 0 atom stereocenters. The number of ether oxygens (including phenoxy) is 2. The van der Waals surface area contributed by atoms with Gasteiger partial charge in [-0.1, -0.05) is 19.1 Å². The Hall–Kier alpha value is -3.22. The first kappa shape index (κ1) is 19.1. The molecule has 0 heterocycles. The summed E-state index contributed by atoms with van der Waals surface area (Å²) in [5, 5.41) is 16.8. The SMILES string of the molecule is CCCOc1ccc(/C=N/NC(=O)CNc2ccccc2OC)c(O)c1. The van der Waals surface area contributed by atoms with E-state index in [4.69, 9.17) is 9.47 Å². The van der Waals surface area contributed by atoms with Crippen molar-refractivity contribution in [2.45, 2.75) is 13.3 Å². The molecule has 2 aromatic carbocycles. The van der Waals surface area contributed by atoms with Crippen molar-refractivity contribution in [3.05, 3.63) is 48.0 Å². The first-order chi connectivity index (χ1) is 12.6. The van der Waals surface area contributed by atoms with Crippen molar-refractivity contribution < 1.29 is 19.4 Å². The first-order valence-corrected chi connectivity index (χ1v) is 8.28. The molecule has 0 aliphatic carbocycles. The zero-order valence-electron chi connectivity index (χ0n) is 14.9. The smallest absolute Gasteiger partial charge is 0.259 e. The highest BCUT2D eigenvalue weighted by Gasteiger charge is 2.05. The van der Waals surface area contributed by atoms with Crippen molar-refractivity contribution in [1.29, 1.82) is 0 Å². The Kier molecular flexibility index (Phi) is 7.30. The number of phenols is 1. The summed E-state index contributed by atoms with van der Waals surface area (Å²) in [5.41, 5.74) is 3.60. The monoisotopic (exact) mass is 357 g/mol. The van der Waals surface area contributed by atoms with Crippen molar-refractivity contribution in [1.82, 2.24) is 5.43 Å². The van der Waals surface area contributed by atoms with Crippen LogP contribution in [0.3, 0.4) is 0 Å². The van der Waals surface area contributed by atoms with Crippen LogP contribution in [-0.4, -0.2) is 37.5 Å². The average molecular weight is 357 g/mol. The number of carbonyl (C=O) groups excluding carboxylic acids is 1. The van der Waals surface area contributed by atoms with Crippen LogP contribution in [0.25, 0.3) is 0 Å². The van der Waals surface area contributed by atoms with Crippen LogP contribution in [0.1, 0.15) is 18.9 Å². The maximum atomic E-state index is 11.9. The number of hydrazone groups is 1. The minimum Gasteiger partial charge on any atom is -0.507 e. The number of nitrogens with zero attached hydrogens (tertiary/aromatic N) is 1. The van der Waals surface area contributed by atoms with Crippen molar-refractivity contribution in [2.75, 3.05) is 25.6 Å². The standard InChI is InChI=1S/C19H23N3O4/c1-3-10-26-15-9-8-14(17(23)11-15)12-21-22-19(24)13-20-16-6-4-5-7-18(16)25-2/h4-9,11-12,20,23H,3,10,13H2,1-2H3,(H,22,24)/b21-12+. The number of carbonyl (C=O) groups is 1. The topological polar surface area (TPSA) is 92.2 Å². The second-order valence-corrected chi connectivity index (χ2v) is 5.42. The molecule has 3 N–H and O–H groups in total. The molecule has 0 bridgehead atoms. The molecule has 0 aliphatic rings. The predicted octanol–water partition coefficient (Wildman–Crippen LogP) is 2.75. The summed E-state index contributed by atoms with van der Waals surface area (Å²) in [6, 6.07) is 12.2. The Morgan fingerprint density at radius 1 is 1.27 bits per heavy atom. The number of para-hydroxylation sites is 2. The number of phenolic OH excluding ortho intramolecular Hbond substituents is 1. The molecule has 7 heteroatoms. The van der Waals surface area contributed by atoms with E-state index in [-0.39, 0.29) is 18.2 Å². The van der Waals surface area contributed by atoms with Gasteiger partial charge in [-0.15, -0.1) is 0 Å². The maximum absolute atomic E-state index is 11.9. The Morgan fingerprint density at radius 3 is 2.81 bits per heavy atom. The molecule has 0 radical (unpaired) electrons. The Labute approximate surface area is 152 Å². The van der Waals surface area contributed by atoms with Crippen molar-refractivity contribution in [3.8, 4) is 17.2 Å². The lowest BCUT2D eigenvalue weighted by Gasteiger charge is -2.09. The minimum atomic E-state index is -0.324. The molecule has 0 saturated heterocycles. The third-order valence-corrected chi connectivity index (χ3v) is 3.41. The molecular formula is C19H23N3O4. The summed E-state index contributed by atoms with van der Waals surface area (Å²) >= 11 is 0. The Bertz CT molecular complexity index is 762. The summed E-state index contributed by atoms with van der Waals surface area (Å²) in [6.45, 7) is 2.63. The van der Waals surface area contributed by atoms with Gasteiger partial charge in [0.05, 0.1) is 32.2 Å². The van der Waals surface area contributed by atoms with E-state index in [9.17, 15) is 9.90 Å². The van der Waals surface area contributed by atoms with Crippen LogP contribution in [0.2, 0.25) is 0 Å². The molecule has 0 aromatic heterocycles. The van der Waals surface area contributed by atoms with Crippen LogP contribution in [0.5, 0.6) is 17.2 Å². The van der Waals surface area contributed by atoms with Crippen molar-refractivity contribution in [2.24, 2.45) is 5.10 Å². The molecule has 0 unspecified atom stereocenters. The van der Waals surface area contributed by atoms with Crippen LogP contribution in [0.4, 0.5) is 5.69 Å². The molecule has 0 spiro atoms. The molecule has 0 fully saturated rings. The molecule has 138 valence electrons. The van der Waals surface area contributed by atoms with Gasteiger partial charge in [-0.2, -0.15) is 5.10 Å². The van der Waals surface area contributed by atoms with E-state index in [1.165, 1.54) is 12.3 Å². The second-order valence-electron chi connectivity index (χ2n) is 5.42. The highest BCUT2D eigenvalue weighted by Crippen LogP contribution is 2.23. The van der Waals surface area contributed by atoms with E-state index in [1.54, 1.807) is 25.3 Å². The van der Waals surface area contributed by atoms with E-state index >= 15 is 0 Å². The lowest BCUT2D eigenvalue weighted by atomic mass is 10.2. The van der Waals surface area contributed by atoms with Gasteiger partial charge in [-0.05, 0) is 30.7 Å². The van der Waals surface area contributed by atoms with Crippen LogP contribution in [0, 0.1) is 0 Å². The number of benzene rings is 2. The van der Waals surface area contributed by atoms with E-state index in [2.05, 4.69) is 15.8 Å². The number of amides is 1. The Balaban J connectivity index is 1.85.